The van der Waals surface area contributed by atoms with Gasteiger partial charge in [0.2, 0.25) is 0 Å². The molecule has 1 unspecified atom stereocenters. The van der Waals surface area contributed by atoms with E-state index in [0.717, 1.165) is 25.2 Å². The quantitative estimate of drug-likeness (QED) is 0.849. The summed E-state index contributed by atoms with van der Waals surface area (Å²) in [7, 11) is 0. The van der Waals surface area contributed by atoms with Crippen LogP contribution < -0.4 is 5.32 Å². The molecule has 1 saturated heterocycles. The molecule has 3 rings (SSSR count). The molecule has 1 aliphatic carbocycles. The third kappa shape index (κ3) is 2.14. The van der Waals surface area contributed by atoms with E-state index in [-0.39, 0.29) is 0 Å². The zero-order valence-electron chi connectivity index (χ0n) is 9.80. The summed E-state index contributed by atoms with van der Waals surface area (Å²) in [6, 6.07) is 0.698. The largest absolute Gasteiger partial charge is 0.445 e. The van der Waals surface area contributed by atoms with E-state index in [1.807, 2.05) is 0 Å². The van der Waals surface area contributed by atoms with Gasteiger partial charge in [0.05, 0.1) is 5.69 Å². The summed E-state index contributed by atoms with van der Waals surface area (Å²) in [5, 5.41) is 3.52. The smallest absolute Gasteiger partial charge is 0.194 e. The van der Waals surface area contributed by atoms with Gasteiger partial charge in [-0.15, -0.1) is 0 Å². The molecule has 0 spiro atoms. The summed E-state index contributed by atoms with van der Waals surface area (Å²) in [5.74, 6) is 2.14. The Balaban J connectivity index is 1.59. The van der Waals surface area contributed by atoms with E-state index in [2.05, 4.69) is 10.3 Å². The number of hydrogen-bond donors (Lipinski definition) is 1. The second-order valence-electron chi connectivity index (χ2n) is 5.02. The van der Waals surface area contributed by atoms with E-state index >= 15 is 0 Å². The van der Waals surface area contributed by atoms with Crippen LogP contribution in [0, 0.1) is 0 Å². The molecule has 3 heteroatoms. The van der Waals surface area contributed by atoms with Crippen LogP contribution in [0.25, 0.3) is 0 Å². The van der Waals surface area contributed by atoms with Crippen molar-refractivity contribution in [2.45, 2.75) is 57.4 Å². The van der Waals surface area contributed by atoms with Crippen molar-refractivity contribution in [3.63, 3.8) is 0 Å². The Hall–Kier alpha value is -0.830. The Bertz CT molecular complexity index is 329. The number of hydrogen-bond acceptors (Lipinski definition) is 3. The molecule has 2 heterocycles. The van der Waals surface area contributed by atoms with E-state index in [1.165, 1.54) is 50.1 Å². The van der Waals surface area contributed by atoms with Crippen LogP contribution in [0.2, 0.25) is 0 Å². The number of rotatable bonds is 3. The maximum absolute atomic E-state index is 5.83. The molecule has 16 heavy (non-hydrogen) atoms. The summed E-state index contributed by atoms with van der Waals surface area (Å²) in [6.45, 7) is 1.19. The first-order chi connectivity index (χ1) is 7.92. The second kappa shape index (κ2) is 4.58. The molecule has 0 radical (unpaired) electrons. The normalized spacial score (nSPS) is 24.6. The van der Waals surface area contributed by atoms with Crippen molar-refractivity contribution in [1.82, 2.24) is 10.3 Å². The van der Waals surface area contributed by atoms with Crippen molar-refractivity contribution >= 4 is 0 Å². The van der Waals surface area contributed by atoms with Gasteiger partial charge < -0.3 is 9.73 Å². The van der Waals surface area contributed by atoms with Crippen LogP contribution in [-0.2, 0) is 19.3 Å². The van der Waals surface area contributed by atoms with Crippen molar-refractivity contribution in [3.05, 3.63) is 17.3 Å². The number of oxazole rings is 1. The lowest BCUT2D eigenvalue weighted by Crippen LogP contribution is -2.21. The summed E-state index contributed by atoms with van der Waals surface area (Å²) >= 11 is 0. The number of fused-ring (bicyclic) bond motifs is 1. The minimum absolute atomic E-state index is 0.698. The monoisotopic (exact) mass is 220 g/mol. The Morgan fingerprint density at radius 2 is 2.19 bits per heavy atom. The van der Waals surface area contributed by atoms with E-state index < -0.39 is 0 Å². The summed E-state index contributed by atoms with van der Waals surface area (Å²) in [6.07, 6.45) is 9.61. The van der Waals surface area contributed by atoms with Gasteiger partial charge in [-0.2, -0.15) is 0 Å². The third-order valence-corrected chi connectivity index (χ3v) is 3.76. The fraction of sp³-hybridized carbons (Fsp3) is 0.769. The van der Waals surface area contributed by atoms with Gasteiger partial charge >= 0.3 is 0 Å². The molecular formula is C13H20N2O. The number of nitrogens with one attached hydrogen (secondary N) is 1. The summed E-state index contributed by atoms with van der Waals surface area (Å²) < 4.78 is 5.83. The molecule has 1 aliphatic heterocycles. The van der Waals surface area contributed by atoms with E-state index in [0.29, 0.717) is 6.04 Å². The van der Waals surface area contributed by atoms with Crippen LogP contribution in [-0.4, -0.2) is 17.6 Å². The molecule has 1 atom stereocenters. The molecule has 3 nitrogen and oxygen atoms in total. The lowest BCUT2D eigenvalue weighted by Gasteiger charge is -2.07. The molecule has 1 fully saturated rings. The maximum Gasteiger partial charge on any atom is 0.194 e. The number of aromatic nitrogens is 1. The van der Waals surface area contributed by atoms with Gasteiger partial charge in [0.15, 0.2) is 5.89 Å². The van der Waals surface area contributed by atoms with Gasteiger partial charge in [0.25, 0.3) is 0 Å². The van der Waals surface area contributed by atoms with Gasteiger partial charge in [0, 0.05) is 18.9 Å². The molecule has 0 aromatic carbocycles. The molecule has 1 N–H and O–H groups in total. The SMILES string of the molecule is C1CCc2oc(CCC3CCCN3)nc2C1. The first-order valence-corrected chi connectivity index (χ1v) is 6.62. The Morgan fingerprint density at radius 3 is 3.00 bits per heavy atom. The standard InChI is InChI=1S/C13H20N2O/c1-2-6-12-11(5-1)15-13(16-12)8-7-10-4-3-9-14-10/h10,14H,1-9H2. The molecule has 0 saturated carbocycles. The highest BCUT2D eigenvalue weighted by molar-refractivity contribution is 5.13. The highest BCUT2D eigenvalue weighted by Gasteiger charge is 2.19. The predicted octanol–water partition coefficient (Wildman–Crippen LogP) is 2.24. The third-order valence-electron chi connectivity index (χ3n) is 3.76. The molecule has 0 amide bonds. The van der Waals surface area contributed by atoms with Gasteiger partial charge in [0.1, 0.15) is 5.76 Å². The summed E-state index contributed by atoms with van der Waals surface area (Å²) in [4.78, 5) is 4.62. The average Bonchev–Trinajstić information content (AvgIpc) is 2.95. The first kappa shape index (κ1) is 10.3. The fourth-order valence-corrected chi connectivity index (χ4v) is 2.81. The molecule has 1 aromatic rings. The van der Waals surface area contributed by atoms with Crippen LogP contribution in [0.3, 0.4) is 0 Å². The van der Waals surface area contributed by atoms with Crippen molar-refractivity contribution in [1.29, 1.82) is 0 Å². The van der Waals surface area contributed by atoms with Gasteiger partial charge in [-0.25, -0.2) is 4.98 Å². The second-order valence-corrected chi connectivity index (χ2v) is 5.02. The molecule has 2 aliphatic rings. The Morgan fingerprint density at radius 1 is 1.25 bits per heavy atom. The van der Waals surface area contributed by atoms with Crippen LogP contribution in [0.1, 0.15) is 49.4 Å². The summed E-state index contributed by atoms with van der Waals surface area (Å²) in [5.41, 5.74) is 1.24. The van der Waals surface area contributed by atoms with E-state index in [9.17, 15) is 0 Å². The first-order valence-electron chi connectivity index (χ1n) is 6.62. The number of aryl methyl sites for hydroxylation is 3. The zero-order chi connectivity index (χ0) is 10.8. The molecular weight excluding hydrogens is 200 g/mol. The Labute approximate surface area is 96.6 Å². The van der Waals surface area contributed by atoms with Crippen molar-refractivity contribution in [2.75, 3.05) is 6.54 Å². The average molecular weight is 220 g/mol. The van der Waals surface area contributed by atoms with Crippen LogP contribution in [0.5, 0.6) is 0 Å². The lowest BCUT2D eigenvalue weighted by molar-refractivity contribution is 0.422. The van der Waals surface area contributed by atoms with E-state index in [4.69, 9.17) is 4.42 Å². The highest BCUT2D eigenvalue weighted by atomic mass is 16.4. The topological polar surface area (TPSA) is 38.1 Å². The zero-order valence-corrected chi connectivity index (χ0v) is 9.80. The van der Waals surface area contributed by atoms with Crippen LogP contribution in [0.15, 0.2) is 4.42 Å². The van der Waals surface area contributed by atoms with Crippen molar-refractivity contribution < 1.29 is 4.42 Å². The minimum Gasteiger partial charge on any atom is -0.445 e. The Kier molecular flexibility index (Phi) is 2.96. The molecule has 0 bridgehead atoms. The van der Waals surface area contributed by atoms with Gasteiger partial charge in [-0.05, 0) is 45.1 Å². The minimum atomic E-state index is 0.698. The maximum atomic E-state index is 5.83. The molecule has 1 aromatic heterocycles. The number of nitrogens with zero attached hydrogens (tertiary/aromatic N) is 1. The van der Waals surface area contributed by atoms with Crippen molar-refractivity contribution in [2.24, 2.45) is 0 Å². The molecule has 88 valence electrons. The van der Waals surface area contributed by atoms with Crippen LogP contribution >= 0.6 is 0 Å². The van der Waals surface area contributed by atoms with Gasteiger partial charge in [-0.3, -0.25) is 0 Å². The predicted molar refractivity (Wildman–Crippen MR) is 62.5 cm³/mol. The van der Waals surface area contributed by atoms with E-state index in [1.54, 1.807) is 0 Å². The van der Waals surface area contributed by atoms with Crippen LogP contribution in [0.4, 0.5) is 0 Å². The van der Waals surface area contributed by atoms with Gasteiger partial charge in [-0.1, -0.05) is 0 Å². The lowest BCUT2D eigenvalue weighted by atomic mass is 10.0. The fourth-order valence-electron chi connectivity index (χ4n) is 2.81. The van der Waals surface area contributed by atoms with Crippen molar-refractivity contribution in [3.8, 4) is 0 Å². The highest BCUT2D eigenvalue weighted by Crippen LogP contribution is 2.22.